The molecule has 0 bridgehead atoms. The van der Waals surface area contributed by atoms with Gasteiger partial charge in [0.2, 0.25) is 5.91 Å². The number of nitrogens with one attached hydrogen (secondary N) is 1. The second-order valence-electron chi connectivity index (χ2n) is 27.8. The summed E-state index contributed by atoms with van der Waals surface area (Å²) in [7, 11) is 0. The molecule has 2 atom stereocenters. The molecule has 0 fully saturated rings. The summed E-state index contributed by atoms with van der Waals surface area (Å²) in [6.07, 6.45) is 93.3. The van der Waals surface area contributed by atoms with Crippen molar-refractivity contribution in [3.05, 3.63) is 0 Å². The number of carbonyl (C=O) groups is 2. The first-order valence-corrected chi connectivity index (χ1v) is 39.8. The lowest BCUT2D eigenvalue weighted by atomic mass is 10.0. The zero-order valence-corrected chi connectivity index (χ0v) is 58.4. The number of amides is 1. The van der Waals surface area contributed by atoms with Gasteiger partial charge in [-0.25, -0.2) is 0 Å². The SMILES string of the molecule is CCCCCCCCCCCCCCCCCCCCCCCC(O)C(CO)NC(=O)CCCCCCCCCCCCCCCCCCCCCCCCCCCCCCOC(=O)CCCCCCCCCCCCCCCCCCCCC. The predicted molar refractivity (Wildman–Crippen MR) is 375 cm³/mol. The lowest BCUT2D eigenvalue weighted by Gasteiger charge is -2.22. The van der Waals surface area contributed by atoms with Crippen molar-refractivity contribution < 1.29 is 24.5 Å². The molecule has 0 aromatic carbocycles. The molecule has 3 N–H and O–H groups in total. The fraction of sp³-hybridized carbons (Fsp3) is 0.975. The Morgan fingerprint density at radius 3 is 0.718 bits per heavy atom. The maximum atomic E-state index is 12.6. The number of aliphatic hydroxyl groups excluding tert-OH is 2. The summed E-state index contributed by atoms with van der Waals surface area (Å²) >= 11 is 0. The van der Waals surface area contributed by atoms with Crippen LogP contribution in [0.4, 0.5) is 0 Å². The van der Waals surface area contributed by atoms with Crippen LogP contribution < -0.4 is 5.32 Å². The van der Waals surface area contributed by atoms with Crippen LogP contribution in [0, 0.1) is 0 Å². The van der Waals surface area contributed by atoms with E-state index in [1.54, 1.807) is 0 Å². The largest absolute Gasteiger partial charge is 0.466 e. The summed E-state index contributed by atoms with van der Waals surface area (Å²) in [4.78, 5) is 24.7. The molecule has 0 aliphatic rings. The van der Waals surface area contributed by atoms with Gasteiger partial charge in [0.05, 0.1) is 25.4 Å². The van der Waals surface area contributed by atoms with Gasteiger partial charge in [0, 0.05) is 12.8 Å². The molecule has 6 heteroatoms. The van der Waals surface area contributed by atoms with E-state index in [-0.39, 0.29) is 18.5 Å². The maximum Gasteiger partial charge on any atom is 0.305 e. The molecular weight excluding hydrogens is 1040 g/mol. The van der Waals surface area contributed by atoms with Gasteiger partial charge in [-0.15, -0.1) is 0 Å². The number of rotatable bonds is 76. The van der Waals surface area contributed by atoms with E-state index in [2.05, 4.69) is 19.2 Å². The van der Waals surface area contributed by atoms with Crippen LogP contribution in [0.25, 0.3) is 0 Å². The summed E-state index contributed by atoms with van der Waals surface area (Å²) in [5.74, 6) is -0.000340. The van der Waals surface area contributed by atoms with E-state index in [0.29, 0.717) is 25.9 Å². The highest BCUT2D eigenvalue weighted by Gasteiger charge is 2.20. The molecule has 508 valence electrons. The number of hydrogen-bond donors (Lipinski definition) is 3. The Morgan fingerprint density at radius 1 is 0.282 bits per heavy atom. The molecule has 0 heterocycles. The highest BCUT2D eigenvalue weighted by molar-refractivity contribution is 5.76. The van der Waals surface area contributed by atoms with Crippen LogP contribution in [0.1, 0.15) is 470 Å². The number of carbonyl (C=O) groups excluding carboxylic acids is 2. The minimum absolute atomic E-state index is 0.0254. The first-order chi connectivity index (χ1) is 42.0. The fourth-order valence-corrected chi connectivity index (χ4v) is 13.1. The van der Waals surface area contributed by atoms with E-state index in [9.17, 15) is 19.8 Å². The lowest BCUT2D eigenvalue weighted by molar-refractivity contribution is -0.143. The Kier molecular flexibility index (Phi) is 74.3. The van der Waals surface area contributed by atoms with Crippen molar-refractivity contribution in [2.45, 2.75) is 482 Å². The van der Waals surface area contributed by atoms with Gasteiger partial charge >= 0.3 is 5.97 Å². The fourth-order valence-electron chi connectivity index (χ4n) is 13.1. The summed E-state index contributed by atoms with van der Waals surface area (Å²) in [5.41, 5.74) is 0. The molecule has 0 saturated carbocycles. The molecule has 0 aliphatic heterocycles. The van der Waals surface area contributed by atoms with Crippen LogP contribution in [-0.4, -0.2) is 47.4 Å². The number of hydrogen-bond acceptors (Lipinski definition) is 5. The maximum absolute atomic E-state index is 12.6. The van der Waals surface area contributed by atoms with Crippen LogP contribution in [0.2, 0.25) is 0 Å². The van der Waals surface area contributed by atoms with Crippen molar-refractivity contribution in [1.29, 1.82) is 0 Å². The zero-order valence-electron chi connectivity index (χ0n) is 58.4. The van der Waals surface area contributed by atoms with Gasteiger partial charge in [-0.05, 0) is 25.7 Å². The molecule has 0 aromatic rings. The van der Waals surface area contributed by atoms with E-state index in [0.717, 1.165) is 38.5 Å². The Hall–Kier alpha value is -1.14. The molecule has 6 nitrogen and oxygen atoms in total. The normalized spacial score (nSPS) is 12.4. The van der Waals surface area contributed by atoms with Gasteiger partial charge in [0.15, 0.2) is 0 Å². The van der Waals surface area contributed by atoms with E-state index in [1.165, 1.54) is 398 Å². The van der Waals surface area contributed by atoms with E-state index < -0.39 is 12.1 Å². The molecule has 0 rings (SSSR count). The Morgan fingerprint density at radius 2 is 0.482 bits per heavy atom. The average molecular weight is 1200 g/mol. The second kappa shape index (κ2) is 75.3. The molecule has 1 amide bonds. The lowest BCUT2D eigenvalue weighted by Crippen LogP contribution is -2.45. The minimum Gasteiger partial charge on any atom is -0.466 e. The first kappa shape index (κ1) is 83.9. The van der Waals surface area contributed by atoms with Crippen molar-refractivity contribution in [1.82, 2.24) is 5.32 Å². The van der Waals surface area contributed by atoms with Gasteiger partial charge in [0.1, 0.15) is 0 Å². The topological polar surface area (TPSA) is 95.9 Å². The number of ether oxygens (including phenoxy) is 1. The molecule has 0 radical (unpaired) electrons. The molecule has 2 unspecified atom stereocenters. The molecule has 0 aromatic heterocycles. The van der Waals surface area contributed by atoms with E-state index >= 15 is 0 Å². The van der Waals surface area contributed by atoms with Gasteiger partial charge in [0.25, 0.3) is 0 Å². The van der Waals surface area contributed by atoms with Crippen molar-refractivity contribution in [2.24, 2.45) is 0 Å². The quantitative estimate of drug-likeness (QED) is 0.0417. The summed E-state index contributed by atoms with van der Waals surface area (Å²) in [6.45, 7) is 5.02. The number of aliphatic hydroxyl groups is 2. The molecule has 0 saturated heterocycles. The summed E-state index contributed by atoms with van der Waals surface area (Å²) < 4.78 is 5.52. The van der Waals surface area contributed by atoms with Crippen molar-refractivity contribution in [2.75, 3.05) is 13.2 Å². The van der Waals surface area contributed by atoms with E-state index in [4.69, 9.17) is 4.74 Å². The molecule has 0 spiro atoms. The van der Waals surface area contributed by atoms with Crippen molar-refractivity contribution >= 4 is 11.9 Å². The predicted octanol–water partition coefficient (Wildman–Crippen LogP) is 26.1. The summed E-state index contributed by atoms with van der Waals surface area (Å²) in [5, 5.41) is 23.5. The third-order valence-corrected chi connectivity index (χ3v) is 19.2. The smallest absolute Gasteiger partial charge is 0.305 e. The summed E-state index contributed by atoms with van der Waals surface area (Å²) in [6, 6.07) is -0.539. The highest BCUT2D eigenvalue weighted by Crippen LogP contribution is 2.21. The van der Waals surface area contributed by atoms with Crippen molar-refractivity contribution in [3.63, 3.8) is 0 Å². The van der Waals surface area contributed by atoms with E-state index in [1.807, 2.05) is 0 Å². The van der Waals surface area contributed by atoms with Crippen LogP contribution in [-0.2, 0) is 14.3 Å². The van der Waals surface area contributed by atoms with Gasteiger partial charge in [-0.3, -0.25) is 9.59 Å². The van der Waals surface area contributed by atoms with Crippen LogP contribution >= 0.6 is 0 Å². The number of esters is 1. The third-order valence-electron chi connectivity index (χ3n) is 19.2. The van der Waals surface area contributed by atoms with Crippen LogP contribution in [0.3, 0.4) is 0 Å². The molecule has 85 heavy (non-hydrogen) atoms. The Labute approximate surface area is 534 Å². The highest BCUT2D eigenvalue weighted by atomic mass is 16.5. The monoisotopic (exact) mass is 1200 g/mol. The Bertz CT molecular complexity index is 1240. The minimum atomic E-state index is -0.662. The van der Waals surface area contributed by atoms with Crippen LogP contribution in [0.5, 0.6) is 0 Å². The zero-order chi connectivity index (χ0) is 61.3. The average Bonchev–Trinajstić information content (AvgIpc) is 3.51. The standard InChI is InChI=1S/C79H157NO5/c1-3-5-7-9-11-13-15-17-19-21-23-32-36-39-43-47-51-55-59-63-67-71-77(82)76(75-81)80-78(83)72-68-64-60-56-52-48-44-40-37-33-30-28-26-24-25-27-29-31-34-38-42-46-50-54-58-62-66-70-74-85-79(84)73-69-65-61-57-53-49-45-41-35-22-20-18-16-14-12-10-8-6-4-2/h76-77,81-82H,3-75H2,1-2H3,(H,80,83). The Balaban J connectivity index is 3.32. The first-order valence-electron chi connectivity index (χ1n) is 39.8. The molecule has 0 aliphatic carbocycles. The van der Waals surface area contributed by atoms with Gasteiger partial charge in [-0.2, -0.15) is 0 Å². The van der Waals surface area contributed by atoms with Gasteiger partial charge < -0.3 is 20.3 Å². The third kappa shape index (κ3) is 71.8. The second-order valence-corrected chi connectivity index (χ2v) is 27.8. The van der Waals surface area contributed by atoms with Crippen LogP contribution in [0.15, 0.2) is 0 Å². The number of unbranched alkanes of at least 4 members (excludes halogenated alkanes) is 65. The van der Waals surface area contributed by atoms with Gasteiger partial charge in [-0.1, -0.05) is 431 Å². The molecular formula is C79H157NO5. The van der Waals surface area contributed by atoms with Crippen molar-refractivity contribution in [3.8, 4) is 0 Å².